The Labute approximate surface area is 144 Å². The molecular formula is C17H14N2O5S. The molecule has 0 bridgehead atoms. The van der Waals surface area contributed by atoms with Gasteiger partial charge >= 0.3 is 5.97 Å². The normalized spacial score (nSPS) is 10.6. The molecule has 0 saturated carbocycles. The van der Waals surface area contributed by atoms with Gasteiger partial charge in [-0.1, -0.05) is 6.07 Å². The monoisotopic (exact) mass is 358 g/mol. The number of benzene rings is 2. The third-order valence-corrected chi connectivity index (χ3v) is 4.24. The Morgan fingerprint density at radius 2 is 1.84 bits per heavy atom. The molecule has 0 fully saturated rings. The van der Waals surface area contributed by atoms with Crippen LogP contribution in [-0.2, 0) is 19.4 Å². The molecule has 0 aromatic heterocycles. The summed E-state index contributed by atoms with van der Waals surface area (Å²) in [5, 5.41) is 11.2. The van der Waals surface area contributed by atoms with E-state index in [0.29, 0.717) is 11.3 Å². The maximum atomic E-state index is 11.9. The highest BCUT2D eigenvalue weighted by Crippen LogP contribution is 2.12. The van der Waals surface area contributed by atoms with Crippen molar-refractivity contribution < 1.29 is 22.7 Å². The molecule has 25 heavy (non-hydrogen) atoms. The number of anilines is 1. The second-order valence-corrected chi connectivity index (χ2v) is 7.13. The molecule has 0 aliphatic heterocycles. The van der Waals surface area contributed by atoms with Gasteiger partial charge in [-0.15, -0.1) is 0 Å². The molecule has 0 radical (unpaired) electrons. The summed E-state index contributed by atoms with van der Waals surface area (Å²) >= 11 is 0. The predicted molar refractivity (Wildman–Crippen MR) is 89.6 cm³/mol. The van der Waals surface area contributed by atoms with Crippen LogP contribution in [-0.4, -0.2) is 33.2 Å². The summed E-state index contributed by atoms with van der Waals surface area (Å²) in [4.78, 5) is 23.7. The highest BCUT2D eigenvalue weighted by Gasteiger charge is 2.14. The minimum absolute atomic E-state index is 0.0102. The fourth-order valence-corrected chi connectivity index (χ4v) is 2.56. The van der Waals surface area contributed by atoms with Crippen molar-refractivity contribution in [2.75, 3.05) is 18.2 Å². The van der Waals surface area contributed by atoms with Gasteiger partial charge in [-0.25, -0.2) is 13.2 Å². The van der Waals surface area contributed by atoms with Gasteiger partial charge in [0.15, 0.2) is 16.4 Å². The number of hydrogen-bond donors (Lipinski definition) is 1. The number of nitrogens with zero attached hydrogens (tertiary/aromatic N) is 1. The lowest BCUT2D eigenvalue weighted by Gasteiger charge is -2.07. The lowest BCUT2D eigenvalue weighted by atomic mass is 10.2. The first-order chi connectivity index (χ1) is 11.8. The van der Waals surface area contributed by atoms with E-state index in [1.54, 1.807) is 12.1 Å². The molecule has 0 aliphatic rings. The molecule has 0 spiro atoms. The number of amides is 1. The van der Waals surface area contributed by atoms with E-state index in [2.05, 4.69) is 5.32 Å². The average molecular weight is 358 g/mol. The van der Waals surface area contributed by atoms with E-state index in [4.69, 9.17) is 10.00 Å². The van der Waals surface area contributed by atoms with Gasteiger partial charge in [0.2, 0.25) is 0 Å². The molecule has 8 heteroatoms. The summed E-state index contributed by atoms with van der Waals surface area (Å²) < 4.78 is 27.8. The maximum absolute atomic E-state index is 11.9. The molecule has 128 valence electrons. The Bertz CT molecular complexity index is 944. The van der Waals surface area contributed by atoms with Gasteiger partial charge in [0, 0.05) is 11.9 Å². The maximum Gasteiger partial charge on any atom is 0.338 e. The van der Waals surface area contributed by atoms with Crippen molar-refractivity contribution in [3.05, 3.63) is 59.7 Å². The van der Waals surface area contributed by atoms with Crippen LogP contribution in [0.3, 0.4) is 0 Å². The second kappa shape index (κ2) is 7.59. The van der Waals surface area contributed by atoms with Crippen LogP contribution in [0, 0.1) is 11.3 Å². The van der Waals surface area contributed by atoms with Crippen molar-refractivity contribution in [2.24, 2.45) is 0 Å². The summed E-state index contributed by atoms with van der Waals surface area (Å²) in [6, 6.07) is 13.5. The third kappa shape index (κ3) is 5.16. The Morgan fingerprint density at radius 1 is 1.16 bits per heavy atom. The van der Waals surface area contributed by atoms with Gasteiger partial charge in [0.05, 0.1) is 22.1 Å². The third-order valence-electron chi connectivity index (χ3n) is 3.13. The first-order valence-electron chi connectivity index (χ1n) is 7.07. The van der Waals surface area contributed by atoms with Crippen LogP contribution in [0.2, 0.25) is 0 Å². The largest absolute Gasteiger partial charge is 0.452 e. The molecular weight excluding hydrogens is 344 g/mol. The van der Waals surface area contributed by atoms with E-state index in [1.165, 1.54) is 36.4 Å². The van der Waals surface area contributed by atoms with Crippen LogP contribution in [0.5, 0.6) is 0 Å². The van der Waals surface area contributed by atoms with E-state index in [-0.39, 0.29) is 10.5 Å². The van der Waals surface area contributed by atoms with Crippen molar-refractivity contribution in [2.45, 2.75) is 4.90 Å². The Kier molecular flexibility index (Phi) is 5.52. The van der Waals surface area contributed by atoms with Gasteiger partial charge in [0.25, 0.3) is 5.91 Å². The van der Waals surface area contributed by atoms with E-state index in [1.807, 2.05) is 6.07 Å². The molecule has 2 rings (SSSR count). The number of esters is 1. The number of sulfone groups is 1. The van der Waals surface area contributed by atoms with Gasteiger partial charge in [0.1, 0.15) is 0 Å². The molecule has 2 aromatic carbocycles. The highest BCUT2D eigenvalue weighted by molar-refractivity contribution is 7.90. The minimum Gasteiger partial charge on any atom is -0.452 e. The fourth-order valence-electron chi connectivity index (χ4n) is 1.89. The standard InChI is InChI=1S/C17H14N2O5S/c1-25(22,23)15-4-2-3-13(9-15)17(21)24-11-16(20)19-14-7-5-12(10-18)6-8-14/h2-9H,11H2,1H3,(H,19,20). The molecule has 2 aromatic rings. The van der Waals surface area contributed by atoms with Crippen molar-refractivity contribution >= 4 is 27.4 Å². The van der Waals surface area contributed by atoms with Crippen LogP contribution >= 0.6 is 0 Å². The Hall–Kier alpha value is -3.18. The van der Waals surface area contributed by atoms with Crippen LogP contribution < -0.4 is 5.32 Å². The first kappa shape index (κ1) is 18.2. The molecule has 0 atom stereocenters. The summed E-state index contributed by atoms with van der Waals surface area (Å²) in [5.74, 6) is -1.36. The number of nitriles is 1. The van der Waals surface area contributed by atoms with E-state index in [9.17, 15) is 18.0 Å². The number of ether oxygens (including phenoxy) is 1. The number of rotatable bonds is 5. The molecule has 0 heterocycles. The van der Waals surface area contributed by atoms with Gasteiger partial charge in [-0.2, -0.15) is 5.26 Å². The smallest absolute Gasteiger partial charge is 0.338 e. The Balaban J connectivity index is 1.95. The molecule has 0 aliphatic carbocycles. The Morgan fingerprint density at radius 3 is 2.44 bits per heavy atom. The zero-order chi connectivity index (χ0) is 18.4. The summed E-state index contributed by atoms with van der Waals surface area (Å²) in [6.45, 7) is -0.526. The summed E-state index contributed by atoms with van der Waals surface area (Å²) in [5.41, 5.74) is 0.948. The molecule has 0 saturated heterocycles. The molecule has 7 nitrogen and oxygen atoms in total. The SMILES string of the molecule is CS(=O)(=O)c1cccc(C(=O)OCC(=O)Nc2ccc(C#N)cc2)c1. The van der Waals surface area contributed by atoms with Crippen LogP contribution in [0.15, 0.2) is 53.4 Å². The van der Waals surface area contributed by atoms with Crippen molar-refractivity contribution in [3.63, 3.8) is 0 Å². The molecule has 1 N–H and O–H groups in total. The van der Waals surface area contributed by atoms with E-state index in [0.717, 1.165) is 6.26 Å². The molecule has 1 amide bonds. The van der Waals surface area contributed by atoms with Gasteiger partial charge in [-0.3, -0.25) is 4.79 Å². The minimum atomic E-state index is -3.45. The van der Waals surface area contributed by atoms with Crippen molar-refractivity contribution in [1.82, 2.24) is 0 Å². The summed E-state index contributed by atoms with van der Waals surface area (Å²) in [7, 11) is -3.45. The predicted octanol–water partition coefficient (Wildman–Crippen LogP) is 1.76. The molecule has 0 unspecified atom stereocenters. The zero-order valence-electron chi connectivity index (χ0n) is 13.2. The first-order valence-corrected chi connectivity index (χ1v) is 8.96. The average Bonchev–Trinajstić information content (AvgIpc) is 2.59. The number of carbonyl (C=O) groups is 2. The second-order valence-electron chi connectivity index (χ2n) is 5.11. The zero-order valence-corrected chi connectivity index (χ0v) is 14.0. The lowest BCUT2D eigenvalue weighted by molar-refractivity contribution is -0.119. The fraction of sp³-hybridized carbons (Fsp3) is 0.118. The van der Waals surface area contributed by atoms with Gasteiger partial charge < -0.3 is 10.1 Å². The topological polar surface area (TPSA) is 113 Å². The lowest BCUT2D eigenvalue weighted by Crippen LogP contribution is -2.21. The number of nitrogens with one attached hydrogen (secondary N) is 1. The van der Waals surface area contributed by atoms with E-state index < -0.39 is 28.3 Å². The van der Waals surface area contributed by atoms with Crippen molar-refractivity contribution in [3.8, 4) is 6.07 Å². The quantitative estimate of drug-likeness (QED) is 0.815. The summed E-state index contributed by atoms with van der Waals surface area (Å²) in [6.07, 6.45) is 1.03. The van der Waals surface area contributed by atoms with Crippen LogP contribution in [0.4, 0.5) is 5.69 Å². The number of hydrogen-bond acceptors (Lipinski definition) is 6. The van der Waals surface area contributed by atoms with Crippen LogP contribution in [0.1, 0.15) is 15.9 Å². The highest BCUT2D eigenvalue weighted by atomic mass is 32.2. The van der Waals surface area contributed by atoms with Gasteiger partial charge in [-0.05, 0) is 42.5 Å². The van der Waals surface area contributed by atoms with Crippen molar-refractivity contribution in [1.29, 1.82) is 5.26 Å². The van der Waals surface area contributed by atoms with E-state index >= 15 is 0 Å². The number of carbonyl (C=O) groups excluding carboxylic acids is 2. The van der Waals surface area contributed by atoms with Crippen LogP contribution in [0.25, 0.3) is 0 Å².